The minimum absolute atomic E-state index is 0.00318. The second kappa shape index (κ2) is 4.96. The van der Waals surface area contributed by atoms with Crippen LogP contribution in [0.3, 0.4) is 0 Å². The predicted molar refractivity (Wildman–Crippen MR) is 54.2 cm³/mol. The fourth-order valence-corrected chi connectivity index (χ4v) is 0.973. The fraction of sp³-hybridized carbons (Fsp3) is 0.222. The normalized spacial score (nSPS) is 9.43. The molecule has 0 saturated heterocycles. The highest BCUT2D eigenvalue weighted by atomic mass is 16.6. The standard InChI is InChI=1S/C9H11N3O2/c1-2-3-6-10-9-8(12(13)14)5-4-7-11-9/h2,4-5,7H,1,3,6H2,(H,10,11). The molecule has 0 saturated carbocycles. The number of nitrogens with zero attached hydrogens (tertiary/aromatic N) is 2. The largest absolute Gasteiger partial charge is 0.364 e. The molecule has 5 nitrogen and oxygen atoms in total. The fourth-order valence-electron chi connectivity index (χ4n) is 0.973. The third-order valence-corrected chi connectivity index (χ3v) is 1.62. The van der Waals surface area contributed by atoms with Crippen molar-refractivity contribution in [3.8, 4) is 0 Å². The number of pyridine rings is 1. The average Bonchev–Trinajstić information content (AvgIpc) is 2.19. The summed E-state index contributed by atoms with van der Waals surface area (Å²) in [6, 6.07) is 2.96. The van der Waals surface area contributed by atoms with E-state index in [1.54, 1.807) is 6.08 Å². The molecule has 0 atom stereocenters. The van der Waals surface area contributed by atoms with Crippen LogP contribution in [0.5, 0.6) is 0 Å². The minimum Gasteiger partial charge on any atom is -0.364 e. The van der Waals surface area contributed by atoms with E-state index < -0.39 is 4.92 Å². The predicted octanol–water partition coefficient (Wildman–Crippen LogP) is 1.98. The lowest BCUT2D eigenvalue weighted by atomic mass is 10.3. The number of aromatic nitrogens is 1. The van der Waals surface area contributed by atoms with Gasteiger partial charge in [-0.05, 0) is 12.5 Å². The Morgan fingerprint density at radius 3 is 3.14 bits per heavy atom. The Kier molecular flexibility index (Phi) is 3.60. The number of nitro groups is 1. The van der Waals surface area contributed by atoms with Gasteiger partial charge in [0.2, 0.25) is 5.82 Å². The number of nitrogens with one attached hydrogen (secondary N) is 1. The van der Waals surface area contributed by atoms with Gasteiger partial charge in [0.1, 0.15) is 0 Å². The average molecular weight is 193 g/mol. The van der Waals surface area contributed by atoms with E-state index >= 15 is 0 Å². The molecule has 1 aromatic heterocycles. The Hall–Kier alpha value is -1.91. The highest BCUT2D eigenvalue weighted by molar-refractivity contribution is 5.54. The summed E-state index contributed by atoms with van der Waals surface area (Å²) >= 11 is 0. The minimum atomic E-state index is -0.455. The Labute approximate surface area is 81.6 Å². The highest BCUT2D eigenvalue weighted by Gasteiger charge is 2.12. The summed E-state index contributed by atoms with van der Waals surface area (Å²) in [4.78, 5) is 14.0. The molecule has 0 aliphatic heterocycles. The van der Waals surface area contributed by atoms with Gasteiger partial charge in [-0.25, -0.2) is 4.98 Å². The van der Waals surface area contributed by atoms with E-state index in [9.17, 15) is 10.1 Å². The van der Waals surface area contributed by atoms with Gasteiger partial charge in [0.25, 0.3) is 0 Å². The molecule has 74 valence electrons. The first-order chi connectivity index (χ1) is 6.75. The van der Waals surface area contributed by atoms with Crippen LogP contribution < -0.4 is 5.32 Å². The smallest absolute Gasteiger partial charge is 0.311 e. The van der Waals surface area contributed by atoms with Gasteiger partial charge in [-0.2, -0.15) is 0 Å². The maximum atomic E-state index is 10.6. The van der Waals surface area contributed by atoms with Crippen molar-refractivity contribution in [2.24, 2.45) is 0 Å². The lowest BCUT2D eigenvalue weighted by molar-refractivity contribution is -0.384. The molecule has 1 N–H and O–H groups in total. The van der Waals surface area contributed by atoms with Crippen molar-refractivity contribution < 1.29 is 4.92 Å². The van der Waals surface area contributed by atoms with E-state index in [4.69, 9.17) is 0 Å². The van der Waals surface area contributed by atoms with Crippen molar-refractivity contribution in [3.05, 3.63) is 41.1 Å². The van der Waals surface area contributed by atoms with Crippen molar-refractivity contribution in [3.63, 3.8) is 0 Å². The molecule has 1 rings (SSSR count). The van der Waals surface area contributed by atoms with Gasteiger partial charge < -0.3 is 5.32 Å². The molecule has 0 bridgehead atoms. The molecular weight excluding hydrogens is 182 g/mol. The van der Waals surface area contributed by atoms with Crippen LogP contribution in [0.4, 0.5) is 11.5 Å². The number of hydrogen-bond donors (Lipinski definition) is 1. The zero-order valence-electron chi connectivity index (χ0n) is 7.64. The third kappa shape index (κ3) is 2.55. The zero-order valence-corrected chi connectivity index (χ0v) is 7.64. The lowest BCUT2D eigenvalue weighted by Gasteiger charge is -2.03. The van der Waals surface area contributed by atoms with Gasteiger partial charge >= 0.3 is 5.69 Å². The van der Waals surface area contributed by atoms with Crippen LogP contribution in [0.2, 0.25) is 0 Å². The van der Waals surface area contributed by atoms with Crippen molar-refractivity contribution in [1.29, 1.82) is 0 Å². The maximum Gasteiger partial charge on any atom is 0.311 e. The molecule has 0 aliphatic carbocycles. The van der Waals surface area contributed by atoms with Crippen LogP contribution in [0.15, 0.2) is 31.0 Å². The second-order valence-electron chi connectivity index (χ2n) is 2.63. The summed E-state index contributed by atoms with van der Waals surface area (Å²) in [5, 5.41) is 13.4. The molecular formula is C9H11N3O2. The summed E-state index contributed by atoms with van der Waals surface area (Å²) in [5.74, 6) is 0.305. The van der Waals surface area contributed by atoms with Gasteiger partial charge in [-0.15, -0.1) is 6.58 Å². The summed E-state index contributed by atoms with van der Waals surface area (Å²) in [6.45, 7) is 4.15. The first-order valence-electron chi connectivity index (χ1n) is 4.20. The molecule has 1 aromatic rings. The van der Waals surface area contributed by atoms with Gasteiger partial charge in [-0.3, -0.25) is 10.1 Å². The molecule has 14 heavy (non-hydrogen) atoms. The first-order valence-corrected chi connectivity index (χ1v) is 4.20. The van der Waals surface area contributed by atoms with E-state index in [2.05, 4.69) is 16.9 Å². The molecule has 0 aromatic carbocycles. The molecule has 0 radical (unpaired) electrons. The number of anilines is 1. The molecule has 0 aliphatic rings. The lowest BCUT2D eigenvalue weighted by Crippen LogP contribution is -2.04. The van der Waals surface area contributed by atoms with E-state index in [1.807, 2.05) is 0 Å². The summed E-state index contributed by atoms with van der Waals surface area (Å²) in [5.41, 5.74) is -0.00318. The number of hydrogen-bond acceptors (Lipinski definition) is 4. The topological polar surface area (TPSA) is 68.1 Å². The van der Waals surface area contributed by atoms with Crippen LogP contribution in [0.25, 0.3) is 0 Å². The van der Waals surface area contributed by atoms with E-state index in [-0.39, 0.29) is 5.69 Å². The number of rotatable bonds is 5. The molecule has 5 heteroatoms. The van der Waals surface area contributed by atoms with Crippen molar-refractivity contribution in [1.82, 2.24) is 4.98 Å². The second-order valence-corrected chi connectivity index (χ2v) is 2.63. The van der Waals surface area contributed by atoms with Gasteiger partial charge in [-0.1, -0.05) is 6.08 Å². The first kappa shape index (κ1) is 10.2. The van der Waals surface area contributed by atoms with Crippen LogP contribution in [0.1, 0.15) is 6.42 Å². The summed E-state index contributed by atoms with van der Waals surface area (Å²) in [7, 11) is 0. The summed E-state index contributed by atoms with van der Waals surface area (Å²) in [6.07, 6.45) is 4.00. The maximum absolute atomic E-state index is 10.6. The monoisotopic (exact) mass is 193 g/mol. The van der Waals surface area contributed by atoms with Gasteiger partial charge in [0.05, 0.1) is 4.92 Å². The molecule has 0 spiro atoms. The Morgan fingerprint density at radius 2 is 2.50 bits per heavy atom. The van der Waals surface area contributed by atoms with Crippen molar-refractivity contribution in [2.45, 2.75) is 6.42 Å². The Morgan fingerprint density at radius 1 is 1.71 bits per heavy atom. The SMILES string of the molecule is C=CCCNc1ncccc1[N+](=O)[O-]. The van der Waals surface area contributed by atoms with E-state index in [1.165, 1.54) is 18.3 Å². The molecule has 0 amide bonds. The Bertz CT molecular complexity index is 339. The quantitative estimate of drug-likeness (QED) is 0.336. The summed E-state index contributed by atoms with van der Waals surface area (Å²) < 4.78 is 0. The highest BCUT2D eigenvalue weighted by Crippen LogP contribution is 2.19. The van der Waals surface area contributed by atoms with Crippen LogP contribution in [0, 0.1) is 10.1 Å². The Balaban J connectivity index is 2.74. The van der Waals surface area contributed by atoms with Crippen molar-refractivity contribution >= 4 is 11.5 Å². The van der Waals surface area contributed by atoms with Gasteiger partial charge in [0.15, 0.2) is 0 Å². The molecule has 1 heterocycles. The molecule has 0 unspecified atom stereocenters. The van der Waals surface area contributed by atoms with Crippen molar-refractivity contribution in [2.75, 3.05) is 11.9 Å². The van der Waals surface area contributed by atoms with Gasteiger partial charge in [0, 0.05) is 18.8 Å². The molecule has 0 fully saturated rings. The van der Waals surface area contributed by atoms with E-state index in [0.29, 0.717) is 12.4 Å². The van der Waals surface area contributed by atoms with Crippen LogP contribution >= 0.6 is 0 Å². The van der Waals surface area contributed by atoms with Crippen LogP contribution in [-0.4, -0.2) is 16.5 Å². The van der Waals surface area contributed by atoms with Crippen LogP contribution in [-0.2, 0) is 0 Å². The van der Waals surface area contributed by atoms with E-state index in [0.717, 1.165) is 6.42 Å². The third-order valence-electron chi connectivity index (χ3n) is 1.62. The zero-order chi connectivity index (χ0) is 10.4.